The molecule has 2 aromatic rings. The fourth-order valence-corrected chi connectivity index (χ4v) is 6.95. The molecule has 3 heteroatoms. The zero-order valence-corrected chi connectivity index (χ0v) is 17.8. The molecule has 136 valence electrons. The molecule has 2 atom stereocenters. The summed E-state index contributed by atoms with van der Waals surface area (Å²) in [6.45, 7) is 8.61. The van der Waals surface area contributed by atoms with Crippen LogP contribution in [0.4, 0.5) is 0 Å². The smallest absolute Gasteiger partial charge is 0.134 e. The predicted molar refractivity (Wildman–Crippen MR) is 113 cm³/mol. The zero-order chi connectivity index (χ0) is 18.3. The molecule has 0 bridgehead atoms. The first-order valence-corrected chi connectivity index (χ1v) is 11.6. The van der Waals surface area contributed by atoms with E-state index >= 15 is 0 Å². The summed E-state index contributed by atoms with van der Waals surface area (Å²) in [5.74, 6) is 0. The molecule has 25 heavy (non-hydrogen) atoms. The third kappa shape index (κ3) is 6.61. The van der Waals surface area contributed by atoms with Crippen LogP contribution in [0.25, 0.3) is 0 Å². The molecule has 2 unspecified atom stereocenters. The third-order valence-corrected chi connectivity index (χ3v) is 8.35. The molecule has 0 aliphatic heterocycles. The monoisotopic (exact) mass is 374 g/mol. The average Bonchev–Trinajstić information content (AvgIpc) is 2.60. The highest BCUT2D eigenvalue weighted by atomic mass is 35.5. The van der Waals surface area contributed by atoms with E-state index in [0.717, 1.165) is 19.3 Å². The van der Waals surface area contributed by atoms with Crippen LogP contribution in [0.3, 0.4) is 0 Å². The molecule has 0 radical (unpaired) electrons. The van der Waals surface area contributed by atoms with Gasteiger partial charge in [-0.25, -0.2) is 0 Å². The molecule has 0 N–H and O–H groups in total. The van der Waals surface area contributed by atoms with Gasteiger partial charge in [-0.05, 0) is 40.0 Å². The quantitative estimate of drug-likeness (QED) is 0.486. The van der Waals surface area contributed by atoms with Gasteiger partial charge in [0, 0.05) is 5.38 Å². The van der Waals surface area contributed by atoms with Crippen LogP contribution in [0, 0.1) is 0 Å². The van der Waals surface area contributed by atoms with Crippen molar-refractivity contribution in [2.75, 3.05) is 0 Å². The Labute approximate surface area is 160 Å². The van der Waals surface area contributed by atoms with Crippen molar-refractivity contribution in [1.29, 1.82) is 0 Å². The van der Waals surface area contributed by atoms with Crippen molar-refractivity contribution >= 4 is 30.8 Å². The summed E-state index contributed by atoms with van der Waals surface area (Å²) in [4.78, 5) is 0. The Kier molecular flexibility index (Phi) is 7.73. The summed E-state index contributed by atoms with van der Waals surface area (Å²) in [6, 6.07) is 21.8. The van der Waals surface area contributed by atoms with Gasteiger partial charge in [-0.15, -0.1) is 11.6 Å². The van der Waals surface area contributed by atoms with Gasteiger partial charge < -0.3 is 4.74 Å². The predicted octanol–water partition coefficient (Wildman–Crippen LogP) is 4.55. The zero-order valence-electron chi connectivity index (χ0n) is 15.9. The Morgan fingerprint density at radius 1 is 0.880 bits per heavy atom. The first kappa shape index (κ1) is 20.2. The Hall–Kier alpha value is -1.09. The summed E-state index contributed by atoms with van der Waals surface area (Å²) in [6.07, 6.45) is 3.02. The topological polar surface area (TPSA) is 9.23 Å². The molecular weight excluding hydrogens is 344 g/mol. The van der Waals surface area contributed by atoms with Gasteiger partial charge in [0.2, 0.25) is 0 Å². The molecule has 0 spiro atoms. The Bertz CT molecular complexity index is 569. The van der Waals surface area contributed by atoms with Crippen molar-refractivity contribution in [3.63, 3.8) is 0 Å². The van der Waals surface area contributed by atoms with Gasteiger partial charge in [0.1, 0.15) is 8.80 Å². The molecule has 2 rings (SSSR count). The Balaban J connectivity index is 2.37. The number of hydrogen-bond acceptors (Lipinski definition) is 1. The summed E-state index contributed by atoms with van der Waals surface area (Å²) in [5, 5.41) is 3.10. The molecule has 0 fully saturated rings. The summed E-state index contributed by atoms with van der Waals surface area (Å²) >= 11 is 6.44. The summed E-state index contributed by atoms with van der Waals surface area (Å²) in [5.41, 5.74) is 0.0747. The largest absolute Gasteiger partial charge is 0.376 e. The second-order valence-electron chi connectivity index (χ2n) is 7.65. The van der Waals surface area contributed by atoms with Gasteiger partial charge in [0.25, 0.3) is 0 Å². The SMILES string of the molecule is CCC(Cl)CCC(OC(C)(C)C)[SiH](c1ccccc1)c1ccccc1. The average molecular weight is 375 g/mol. The molecular formula is C22H31ClOSi. The highest BCUT2D eigenvalue weighted by Crippen LogP contribution is 2.20. The van der Waals surface area contributed by atoms with Crippen LogP contribution >= 0.6 is 11.6 Å². The van der Waals surface area contributed by atoms with E-state index in [9.17, 15) is 0 Å². The van der Waals surface area contributed by atoms with Crippen molar-refractivity contribution in [3.05, 3.63) is 60.7 Å². The van der Waals surface area contributed by atoms with E-state index < -0.39 is 8.80 Å². The third-order valence-electron chi connectivity index (χ3n) is 4.40. The minimum atomic E-state index is -1.52. The van der Waals surface area contributed by atoms with E-state index in [1.807, 2.05) is 0 Å². The molecule has 0 amide bonds. The minimum absolute atomic E-state index is 0.159. The summed E-state index contributed by atoms with van der Waals surface area (Å²) < 4.78 is 6.61. The maximum absolute atomic E-state index is 6.61. The fraction of sp³-hybridized carbons (Fsp3) is 0.455. The van der Waals surface area contributed by atoms with Crippen LogP contribution in [-0.4, -0.2) is 25.5 Å². The van der Waals surface area contributed by atoms with Crippen LogP contribution in [-0.2, 0) is 4.74 Å². The lowest BCUT2D eigenvalue weighted by Gasteiger charge is -2.33. The van der Waals surface area contributed by atoms with E-state index in [2.05, 4.69) is 88.4 Å². The second kappa shape index (κ2) is 9.56. The fourth-order valence-electron chi connectivity index (χ4n) is 3.24. The lowest BCUT2D eigenvalue weighted by Crippen LogP contribution is -2.54. The summed E-state index contributed by atoms with van der Waals surface area (Å²) in [7, 11) is -1.52. The standard InChI is InChI=1S/C22H31ClOSi/c1-5-18(23)16-17-21(24-22(2,3)4)25(19-12-8-6-9-13-19)20-14-10-7-11-15-20/h6-15,18,21,25H,5,16-17H2,1-4H3. The van der Waals surface area contributed by atoms with E-state index in [4.69, 9.17) is 16.3 Å². The molecule has 1 nitrogen and oxygen atoms in total. The maximum Gasteiger partial charge on any atom is 0.134 e. The molecule has 0 aliphatic carbocycles. The Morgan fingerprint density at radius 2 is 1.36 bits per heavy atom. The van der Waals surface area contributed by atoms with E-state index in [-0.39, 0.29) is 16.7 Å². The Morgan fingerprint density at radius 3 is 1.76 bits per heavy atom. The number of halogens is 1. The number of rotatable bonds is 8. The van der Waals surface area contributed by atoms with E-state index in [0.29, 0.717) is 0 Å². The highest BCUT2D eigenvalue weighted by Gasteiger charge is 2.31. The lowest BCUT2D eigenvalue weighted by molar-refractivity contribution is -0.0285. The van der Waals surface area contributed by atoms with Crippen molar-refractivity contribution < 1.29 is 4.74 Å². The van der Waals surface area contributed by atoms with E-state index in [1.54, 1.807) is 0 Å². The van der Waals surface area contributed by atoms with Crippen LogP contribution in [0.2, 0.25) is 0 Å². The van der Waals surface area contributed by atoms with Crippen LogP contribution in [0.5, 0.6) is 0 Å². The van der Waals surface area contributed by atoms with Crippen LogP contribution in [0.15, 0.2) is 60.7 Å². The van der Waals surface area contributed by atoms with Gasteiger partial charge in [0.05, 0.1) is 11.3 Å². The number of hydrogen-bond donors (Lipinski definition) is 0. The molecule has 0 aliphatic rings. The van der Waals surface area contributed by atoms with Gasteiger partial charge in [0.15, 0.2) is 0 Å². The van der Waals surface area contributed by atoms with Crippen molar-refractivity contribution in [2.45, 2.75) is 63.7 Å². The van der Waals surface area contributed by atoms with Gasteiger partial charge in [-0.3, -0.25) is 0 Å². The molecule has 2 aromatic carbocycles. The number of benzene rings is 2. The minimum Gasteiger partial charge on any atom is -0.376 e. The molecule has 0 aromatic heterocycles. The van der Waals surface area contributed by atoms with Crippen molar-refractivity contribution in [2.24, 2.45) is 0 Å². The first-order chi connectivity index (χ1) is 11.9. The van der Waals surface area contributed by atoms with Gasteiger partial charge in [-0.1, -0.05) is 78.0 Å². The number of ether oxygens (including phenoxy) is 1. The molecule has 0 saturated heterocycles. The second-order valence-corrected chi connectivity index (χ2v) is 11.3. The highest BCUT2D eigenvalue weighted by molar-refractivity contribution is 6.86. The van der Waals surface area contributed by atoms with Crippen molar-refractivity contribution in [1.82, 2.24) is 0 Å². The van der Waals surface area contributed by atoms with Crippen LogP contribution in [0.1, 0.15) is 47.0 Å². The normalized spacial score (nSPS) is 14.5. The molecule has 0 saturated carbocycles. The van der Waals surface area contributed by atoms with Gasteiger partial charge >= 0.3 is 0 Å². The first-order valence-electron chi connectivity index (χ1n) is 9.32. The number of alkyl halides is 1. The van der Waals surface area contributed by atoms with Crippen LogP contribution < -0.4 is 10.4 Å². The lowest BCUT2D eigenvalue weighted by atomic mass is 10.1. The maximum atomic E-state index is 6.61. The van der Waals surface area contributed by atoms with Crippen molar-refractivity contribution in [3.8, 4) is 0 Å². The van der Waals surface area contributed by atoms with E-state index in [1.165, 1.54) is 10.4 Å². The molecule has 0 heterocycles. The van der Waals surface area contributed by atoms with Gasteiger partial charge in [-0.2, -0.15) is 0 Å².